The van der Waals surface area contributed by atoms with Crippen LogP contribution in [-0.2, 0) is 0 Å². The predicted octanol–water partition coefficient (Wildman–Crippen LogP) is 3.91. The van der Waals surface area contributed by atoms with Crippen LogP contribution in [0.15, 0.2) is 18.2 Å². The van der Waals surface area contributed by atoms with Crippen LogP contribution < -0.4 is 5.32 Å². The van der Waals surface area contributed by atoms with Crippen molar-refractivity contribution in [3.63, 3.8) is 0 Å². The van der Waals surface area contributed by atoms with Crippen LogP contribution in [-0.4, -0.2) is 12.5 Å². The highest BCUT2D eigenvalue weighted by Crippen LogP contribution is 2.23. The van der Waals surface area contributed by atoms with E-state index in [4.69, 9.17) is 0 Å². The maximum atomic E-state index is 12.1. The second-order valence-corrected chi connectivity index (χ2v) is 6.23. The van der Waals surface area contributed by atoms with Crippen LogP contribution in [0.4, 0.5) is 0 Å². The molecule has 0 atom stereocenters. The number of hydrogen-bond acceptors (Lipinski definition) is 1. The van der Waals surface area contributed by atoms with Crippen LogP contribution >= 0.6 is 22.6 Å². The lowest BCUT2D eigenvalue weighted by atomic mass is 9.89. The summed E-state index contributed by atoms with van der Waals surface area (Å²) in [5, 5.41) is 3.09. The molecule has 0 spiro atoms. The summed E-state index contributed by atoms with van der Waals surface area (Å²) in [5.74, 6) is 0.763. The Labute approximate surface area is 123 Å². The minimum absolute atomic E-state index is 0.0775. The minimum atomic E-state index is 0.0775. The van der Waals surface area contributed by atoms with E-state index in [-0.39, 0.29) is 5.91 Å². The highest BCUT2D eigenvalue weighted by molar-refractivity contribution is 14.1. The molecule has 1 aliphatic rings. The molecule has 18 heavy (non-hydrogen) atoms. The molecule has 1 aliphatic carbocycles. The molecule has 0 unspecified atom stereocenters. The molecule has 0 radical (unpaired) electrons. The van der Waals surface area contributed by atoms with Crippen molar-refractivity contribution in [3.8, 4) is 0 Å². The van der Waals surface area contributed by atoms with E-state index in [1.165, 1.54) is 37.7 Å². The van der Waals surface area contributed by atoms with Gasteiger partial charge in [-0.05, 0) is 59.9 Å². The van der Waals surface area contributed by atoms with Crippen molar-refractivity contribution in [1.29, 1.82) is 0 Å². The van der Waals surface area contributed by atoms with Gasteiger partial charge in [0.2, 0.25) is 0 Å². The molecule has 1 aromatic rings. The van der Waals surface area contributed by atoms with Crippen molar-refractivity contribution >= 4 is 28.5 Å². The van der Waals surface area contributed by atoms with Crippen molar-refractivity contribution in [2.45, 2.75) is 39.0 Å². The highest BCUT2D eigenvalue weighted by atomic mass is 127. The van der Waals surface area contributed by atoms with Crippen molar-refractivity contribution in [3.05, 3.63) is 32.9 Å². The van der Waals surface area contributed by atoms with Crippen LogP contribution in [0.5, 0.6) is 0 Å². The normalized spacial score (nSPS) is 16.6. The fourth-order valence-electron chi connectivity index (χ4n) is 2.55. The lowest BCUT2D eigenvalue weighted by molar-refractivity contribution is 0.0942. The topological polar surface area (TPSA) is 29.1 Å². The highest BCUT2D eigenvalue weighted by Gasteiger charge is 2.16. The van der Waals surface area contributed by atoms with E-state index in [9.17, 15) is 4.79 Å². The molecule has 98 valence electrons. The molecule has 1 N–H and O–H groups in total. The Morgan fingerprint density at radius 3 is 2.78 bits per heavy atom. The van der Waals surface area contributed by atoms with Crippen LogP contribution in [0.2, 0.25) is 0 Å². The van der Waals surface area contributed by atoms with E-state index >= 15 is 0 Å². The summed E-state index contributed by atoms with van der Waals surface area (Å²) in [4.78, 5) is 12.1. The van der Waals surface area contributed by atoms with Gasteiger partial charge in [-0.2, -0.15) is 0 Å². The van der Waals surface area contributed by atoms with Gasteiger partial charge in [-0.15, -0.1) is 0 Å². The molecule has 0 saturated heterocycles. The van der Waals surface area contributed by atoms with Gasteiger partial charge in [-0.1, -0.05) is 31.4 Å². The Bertz CT molecular complexity index is 425. The average molecular weight is 357 g/mol. The van der Waals surface area contributed by atoms with E-state index < -0.39 is 0 Å². The summed E-state index contributed by atoms with van der Waals surface area (Å²) in [6, 6.07) is 5.90. The number of benzene rings is 1. The zero-order valence-corrected chi connectivity index (χ0v) is 13.0. The zero-order valence-electron chi connectivity index (χ0n) is 10.8. The largest absolute Gasteiger partial charge is 0.352 e. The van der Waals surface area contributed by atoms with Crippen molar-refractivity contribution in [1.82, 2.24) is 5.32 Å². The third-order valence-corrected chi connectivity index (χ3v) is 5.14. The molecule has 1 fully saturated rings. The first-order valence-electron chi connectivity index (χ1n) is 6.72. The number of aryl methyl sites for hydroxylation is 1. The molecular weight excluding hydrogens is 337 g/mol. The smallest absolute Gasteiger partial charge is 0.252 e. The van der Waals surface area contributed by atoms with E-state index in [0.29, 0.717) is 5.92 Å². The van der Waals surface area contributed by atoms with E-state index in [0.717, 1.165) is 15.7 Å². The van der Waals surface area contributed by atoms with Crippen LogP contribution in [0.3, 0.4) is 0 Å². The number of carbonyl (C=O) groups excluding carboxylic acids is 1. The Hall–Kier alpha value is -0.580. The molecule has 3 heteroatoms. The van der Waals surface area contributed by atoms with Gasteiger partial charge in [0.15, 0.2) is 0 Å². The molecule has 0 heterocycles. The minimum Gasteiger partial charge on any atom is -0.352 e. The maximum absolute atomic E-state index is 12.1. The lowest BCUT2D eigenvalue weighted by Gasteiger charge is -2.21. The first-order chi connectivity index (χ1) is 8.68. The fourth-order valence-corrected chi connectivity index (χ4v) is 3.15. The quantitative estimate of drug-likeness (QED) is 0.817. The Morgan fingerprint density at radius 2 is 2.06 bits per heavy atom. The molecule has 0 bridgehead atoms. The van der Waals surface area contributed by atoms with Gasteiger partial charge in [-0.3, -0.25) is 4.79 Å². The molecule has 0 aromatic heterocycles. The Balaban J connectivity index is 1.93. The molecule has 0 aliphatic heterocycles. The van der Waals surface area contributed by atoms with Gasteiger partial charge in [0.25, 0.3) is 5.91 Å². The van der Waals surface area contributed by atoms with Gasteiger partial charge < -0.3 is 5.32 Å². The van der Waals surface area contributed by atoms with Crippen LogP contribution in [0, 0.1) is 16.4 Å². The van der Waals surface area contributed by atoms with Crippen LogP contribution in [0.25, 0.3) is 0 Å². The fraction of sp³-hybridized carbons (Fsp3) is 0.533. The molecular formula is C15H20INO. The lowest BCUT2D eigenvalue weighted by Crippen LogP contribution is -2.30. The third-order valence-electron chi connectivity index (χ3n) is 3.71. The summed E-state index contributed by atoms with van der Waals surface area (Å²) < 4.78 is 1.07. The van der Waals surface area contributed by atoms with Crippen molar-refractivity contribution in [2.75, 3.05) is 6.54 Å². The summed E-state index contributed by atoms with van der Waals surface area (Å²) in [7, 11) is 0. The molecule has 2 nitrogen and oxygen atoms in total. The number of halogens is 1. The van der Waals surface area contributed by atoms with Crippen molar-refractivity contribution < 1.29 is 4.79 Å². The number of nitrogens with one attached hydrogen (secondary N) is 1. The first kappa shape index (κ1) is 13.8. The predicted molar refractivity (Wildman–Crippen MR) is 82.8 cm³/mol. The van der Waals surface area contributed by atoms with E-state index in [2.05, 4.69) is 27.9 Å². The van der Waals surface area contributed by atoms with E-state index in [1.54, 1.807) is 0 Å². The number of hydrogen-bond donors (Lipinski definition) is 1. The maximum Gasteiger partial charge on any atom is 0.252 e. The summed E-state index contributed by atoms with van der Waals surface area (Å²) in [5.41, 5.74) is 1.98. The second kappa shape index (κ2) is 6.55. The van der Waals surface area contributed by atoms with Crippen molar-refractivity contribution in [2.24, 2.45) is 5.92 Å². The standard InChI is InChI=1S/C15H20INO/c1-11-6-5-9-13(14(11)16)15(18)17-10-12-7-3-2-4-8-12/h5-6,9,12H,2-4,7-8,10H2,1H3,(H,17,18). The number of amides is 1. The summed E-state index contributed by atoms with van der Waals surface area (Å²) in [6.45, 7) is 2.88. The Kier molecular flexibility index (Phi) is 5.03. The number of carbonyl (C=O) groups is 1. The number of rotatable bonds is 3. The average Bonchev–Trinajstić information content (AvgIpc) is 2.40. The first-order valence-corrected chi connectivity index (χ1v) is 7.79. The second-order valence-electron chi connectivity index (χ2n) is 5.15. The van der Waals surface area contributed by atoms with Gasteiger partial charge >= 0.3 is 0 Å². The molecule has 2 rings (SSSR count). The summed E-state index contributed by atoms with van der Waals surface area (Å²) >= 11 is 2.25. The zero-order chi connectivity index (χ0) is 13.0. The molecule has 1 aromatic carbocycles. The van der Waals surface area contributed by atoms with Crippen LogP contribution in [0.1, 0.15) is 48.0 Å². The molecule has 1 amide bonds. The van der Waals surface area contributed by atoms with Gasteiger partial charge in [0.05, 0.1) is 5.56 Å². The third kappa shape index (κ3) is 3.46. The van der Waals surface area contributed by atoms with Gasteiger partial charge in [-0.25, -0.2) is 0 Å². The SMILES string of the molecule is Cc1cccc(C(=O)NCC2CCCCC2)c1I. The monoisotopic (exact) mass is 357 g/mol. The summed E-state index contributed by atoms with van der Waals surface area (Å²) in [6.07, 6.45) is 6.54. The van der Waals surface area contributed by atoms with E-state index in [1.807, 2.05) is 25.1 Å². The Morgan fingerprint density at radius 1 is 1.33 bits per heavy atom. The van der Waals surface area contributed by atoms with Gasteiger partial charge in [0, 0.05) is 10.1 Å². The molecule has 1 saturated carbocycles. The van der Waals surface area contributed by atoms with Gasteiger partial charge in [0.1, 0.15) is 0 Å².